The molecule has 0 saturated carbocycles. The normalized spacial score (nSPS) is 11.2. The molecular weight excluding hydrogens is 374 g/mol. The summed E-state index contributed by atoms with van der Waals surface area (Å²) in [5.74, 6) is 0. The molecular formula is C30H21N. The third-order valence-corrected chi connectivity index (χ3v) is 6.01. The highest BCUT2D eigenvalue weighted by atomic mass is 15.1. The maximum absolute atomic E-state index is 2.33. The topological polar surface area (TPSA) is 3.24 Å². The lowest BCUT2D eigenvalue weighted by Crippen LogP contribution is -2.09. The van der Waals surface area contributed by atoms with Crippen molar-refractivity contribution in [3.8, 4) is 0 Å². The summed E-state index contributed by atoms with van der Waals surface area (Å²) < 4.78 is 0. The van der Waals surface area contributed by atoms with Gasteiger partial charge in [0, 0.05) is 17.1 Å². The van der Waals surface area contributed by atoms with Crippen molar-refractivity contribution in [3.63, 3.8) is 0 Å². The van der Waals surface area contributed by atoms with Crippen molar-refractivity contribution in [1.82, 2.24) is 0 Å². The summed E-state index contributed by atoms with van der Waals surface area (Å²) in [5, 5.41) is 7.70. The molecule has 0 aliphatic rings. The second kappa shape index (κ2) is 7.30. The quantitative estimate of drug-likeness (QED) is 0.271. The molecule has 6 rings (SSSR count). The van der Waals surface area contributed by atoms with Gasteiger partial charge in [0.1, 0.15) is 0 Å². The van der Waals surface area contributed by atoms with Crippen LogP contribution in [0.2, 0.25) is 0 Å². The molecule has 0 aliphatic heterocycles. The molecule has 6 aromatic rings. The van der Waals surface area contributed by atoms with Gasteiger partial charge < -0.3 is 4.90 Å². The Hall–Kier alpha value is -4.10. The predicted molar refractivity (Wildman–Crippen MR) is 134 cm³/mol. The smallest absolute Gasteiger partial charge is 0.0468 e. The molecule has 0 N–H and O–H groups in total. The number of hydrogen-bond donors (Lipinski definition) is 0. The second-order valence-corrected chi connectivity index (χ2v) is 7.86. The number of hydrogen-bond acceptors (Lipinski definition) is 1. The number of nitrogens with zero attached hydrogens (tertiary/aromatic N) is 1. The summed E-state index contributed by atoms with van der Waals surface area (Å²) in [6.07, 6.45) is 0. The first-order valence-electron chi connectivity index (χ1n) is 10.6. The van der Waals surface area contributed by atoms with Crippen molar-refractivity contribution in [2.75, 3.05) is 4.90 Å². The Morgan fingerprint density at radius 2 is 0.839 bits per heavy atom. The van der Waals surface area contributed by atoms with Gasteiger partial charge in [0.2, 0.25) is 0 Å². The molecule has 0 radical (unpaired) electrons. The van der Waals surface area contributed by atoms with E-state index in [9.17, 15) is 0 Å². The fourth-order valence-electron chi connectivity index (χ4n) is 4.55. The maximum Gasteiger partial charge on any atom is 0.0468 e. The number of benzene rings is 6. The summed E-state index contributed by atoms with van der Waals surface area (Å²) in [5.41, 5.74) is 3.46. The minimum Gasteiger partial charge on any atom is -0.310 e. The van der Waals surface area contributed by atoms with Gasteiger partial charge in [-0.2, -0.15) is 0 Å². The highest BCUT2D eigenvalue weighted by Gasteiger charge is 2.13. The Morgan fingerprint density at radius 1 is 0.323 bits per heavy atom. The van der Waals surface area contributed by atoms with Crippen molar-refractivity contribution in [1.29, 1.82) is 0 Å². The van der Waals surface area contributed by atoms with Crippen LogP contribution in [-0.4, -0.2) is 0 Å². The lowest BCUT2D eigenvalue weighted by molar-refractivity contribution is 1.29. The zero-order valence-electron chi connectivity index (χ0n) is 17.1. The summed E-state index contributed by atoms with van der Waals surface area (Å²) in [6, 6.07) is 45.5. The van der Waals surface area contributed by atoms with E-state index in [4.69, 9.17) is 0 Å². The monoisotopic (exact) mass is 395 g/mol. The van der Waals surface area contributed by atoms with Crippen LogP contribution in [0, 0.1) is 0 Å². The molecule has 0 unspecified atom stereocenters. The molecule has 0 amide bonds. The van der Waals surface area contributed by atoms with Gasteiger partial charge in [0.05, 0.1) is 0 Å². The van der Waals surface area contributed by atoms with Crippen molar-refractivity contribution in [2.45, 2.75) is 0 Å². The molecule has 0 spiro atoms. The van der Waals surface area contributed by atoms with Gasteiger partial charge >= 0.3 is 0 Å². The van der Waals surface area contributed by atoms with E-state index in [1.54, 1.807) is 0 Å². The molecule has 1 heteroatoms. The fraction of sp³-hybridized carbons (Fsp3) is 0. The Bertz CT molecular complexity index is 1480. The zero-order chi connectivity index (χ0) is 20.6. The first-order valence-corrected chi connectivity index (χ1v) is 10.6. The van der Waals surface area contributed by atoms with Crippen LogP contribution < -0.4 is 4.90 Å². The van der Waals surface area contributed by atoms with Gasteiger partial charge in [0.25, 0.3) is 0 Å². The average Bonchev–Trinajstić information content (AvgIpc) is 2.85. The standard InChI is InChI=1S/C30H21N/c1-3-10-24(11-4-1)31(25-12-5-2-6-13-25)26-18-15-23-17-19-28-27-14-8-7-9-22(27)16-20-29(28)30(23)21-26/h1-21H. The van der Waals surface area contributed by atoms with E-state index < -0.39 is 0 Å². The first-order chi connectivity index (χ1) is 15.4. The maximum atomic E-state index is 2.33. The molecule has 146 valence electrons. The highest BCUT2D eigenvalue weighted by Crippen LogP contribution is 2.38. The Kier molecular flexibility index (Phi) is 4.18. The van der Waals surface area contributed by atoms with Crippen molar-refractivity contribution in [3.05, 3.63) is 127 Å². The summed E-state index contributed by atoms with van der Waals surface area (Å²) in [7, 11) is 0. The Labute approximate surface area is 181 Å². The Balaban J connectivity index is 1.63. The van der Waals surface area contributed by atoms with Gasteiger partial charge in [-0.15, -0.1) is 0 Å². The van der Waals surface area contributed by atoms with Gasteiger partial charge in [-0.05, 0) is 68.7 Å². The minimum absolute atomic E-state index is 1.15. The summed E-state index contributed by atoms with van der Waals surface area (Å²) in [6.45, 7) is 0. The van der Waals surface area contributed by atoms with Crippen LogP contribution in [-0.2, 0) is 0 Å². The molecule has 0 bridgehead atoms. The van der Waals surface area contributed by atoms with E-state index in [2.05, 4.69) is 132 Å². The molecule has 0 aliphatic carbocycles. The number of fused-ring (bicyclic) bond motifs is 5. The van der Waals surface area contributed by atoms with Crippen molar-refractivity contribution in [2.24, 2.45) is 0 Å². The molecule has 0 fully saturated rings. The van der Waals surface area contributed by atoms with Crippen LogP contribution in [0.15, 0.2) is 127 Å². The lowest BCUT2D eigenvalue weighted by atomic mass is 9.96. The van der Waals surface area contributed by atoms with Crippen LogP contribution in [0.4, 0.5) is 17.1 Å². The number of anilines is 3. The first kappa shape index (κ1) is 17.7. The molecule has 6 aromatic carbocycles. The third-order valence-electron chi connectivity index (χ3n) is 6.01. The SMILES string of the molecule is c1ccc(N(c2ccccc2)c2ccc3ccc4c5ccccc5ccc4c3c2)cc1. The van der Waals surface area contributed by atoms with Gasteiger partial charge in [-0.25, -0.2) is 0 Å². The van der Waals surface area contributed by atoms with Crippen LogP contribution in [0.5, 0.6) is 0 Å². The van der Waals surface area contributed by atoms with E-state index >= 15 is 0 Å². The fourth-order valence-corrected chi connectivity index (χ4v) is 4.55. The van der Waals surface area contributed by atoms with Gasteiger partial charge in [-0.1, -0.05) is 91.0 Å². The van der Waals surface area contributed by atoms with Gasteiger partial charge in [0.15, 0.2) is 0 Å². The van der Waals surface area contributed by atoms with E-state index in [-0.39, 0.29) is 0 Å². The minimum atomic E-state index is 1.15. The van der Waals surface area contributed by atoms with Crippen molar-refractivity contribution < 1.29 is 0 Å². The largest absolute Gasteiger partial charge is 0.310 e. The second-order valence-electron chi connectivity index (χ2n) is 7.86. The van der Waals surface area contributed by atoms with Crippen molar-refractivity contribution >= 4 is 49.4 Å². The molecule has 1 nitrogen and oxygen atoms in total. The molecule has 0 saturated heterocycles. The average molecular weight is 396 g/mol. The Morgan fingerprint density at radius 3 is 1.52 bits per heavy atom. The van der Waals surface area contributed by atoms with Crippen LogP contribution in [0.25, 0.3) is 32.3 Å². The molecule has 0 atom stereocenters. The third kappa shape index (κ3) is 3.03. The van der Waals surface area contributed by atoms with Crippen LogP contribution >= 0.6 is 0 Å². The summed E-state index contributed by atoms with van der Waals surface area (Å²) in [4.78, 5) is 2.32. The van der Waals surface area contributed by atoms with Gasteiger partial charge in [-0.3, -0.25) is 0 Å². The van der Waals surface area contributed by atoms with E-state index in [0.29, 0.717) is 0 Å². The molecule has 0 aromatic heterocycles. The number of rotatable bonds is 3. The van der Waals surface area contributed by atoms with Crippen LogP contribution in [0.1, 0.15) is 0 Å². The zero-order valence-corrected chi connectivity index (χ0v) is 17.1. The lowest BCUT2D eigenvalue weighted by Gasteiger charge is -2.26. The van der Waals surface area contributed by atoms with E-state index in [1.807, 2.05) is 0 Å². The predicted octanol–water partition coefficient (Wildman–Crippen LogP) is 8.62. The summed E-state index contributed by atoms with van der Waals surface area (Å²) >= 11 is 0. The highest BCUT2D eigenvalue weighted by molar-refractivity contribution is 6.17. The van der Waals surface area contributed by atoms with E-state index in [0.717, 1.165) is 17.1 Å². The molecule has 31 heavy (non-hydrogen) atoms. The van der Waals surface area contributed by atoms with E-state index in [1.165, 1.54) is 32.3 Å². The molecule has 0 heterocycles. The number of para-hydroxylation sites is 2. The van der Waals surface area contributed by atoms with Crippen LogP contribution in [0.3, 0.4) is 0 Å².